The average molecular weight is 388 g/mol. The van der Waals surface area contributed by atoms with E-state index in [4.69, 9.17) is 24.7 Å². The molecule has 0 aromatic heterocycles. The number of hydrogen-bond acceptors (Lipinski definition) is 7. The van der Waals surface area contributed by atoms with Gasteiger partial charge in [-0.25, -0.2) is 4.79 Å². The first kappa shape index (κ1) is 20.6. The van der Waals surface area contributed by atoms with Crippen LogP contribution >= 0.6 is 0 Å². The predicted octanol–water partition coefficient (Wildman–Crippen LogP) is 1.61. The minimum absolute atomic E-state index is 0.186. The molecular formula is C19H20N2O7. The number of ether oxygens (including phenoxy) is 4. The van der Waals surface area contributed by atoms with Crippen LogP contribution in [0.5, 0.6) is 17.2 Å². The van der Waals surface area contributed by atoms with Crippen LogP contribution < -0.4 is 25.3 Å². The van der Waals surface area contributed by atoms with Crippen LogP contribution in [0, 0.1) is 0 Å². The van der Waals surface area contributed by atoms with Crippen molar-refractivity contribution in [1.82, 2.24) is 0 Å². The van der Waals surface area contributed by atoms with Gasteiger partial charge in [-0.3, -0.25) is 9.59 Å². The maximum absolute atomic E-state index is 12.1. The Morgan fingerprint density at radius 1 is 0.893 bits per heavy atom. The highest BCUT2D eigenvalue weighted by Crippen LogP contribution is 2.39. The van der Waals surface area contributed by atoms with Crippen LogP contribution in [-0.2, 0) is 9.53 Å². The number of esters is 1. The van der Waals surface area contributed by atoms with Gasteiger partial charge in [-0.05, 0) is 24.3 Å². The molecule has 2 amide bonds. The van der Waals surface area contributed by atoms with Crippen LogP contribution in [0.1, 0.15) is 20.7 Å². The van der Waals surface area contributed by atoms with Gasteiger partial charge < -0.3 is 30.0 Å². The Morgan fingerprint density at radius 3 is 1.89 bits per heavy atom. The first-order valence-electron chi connectivity index (χ1n) is 8.06. The van der Waals surface area contributed by atoms with E-state index >= 15 is 0 Å². The largest absolute Gasteiger partial charge is 0.493 e. The zero-order chi connectivity index (χ0) is 20.7. The Kier molecular flexibility index (Phi) is 6.80. The quantitative estimate of drug-likeness (QED) is 0.658. The highest BCUT2D eigenvalue weighted by atomic mass is 16.5. The minimum atomic E-state index is -0.712. The topological polar surface area (TPSA) is 126 Å². The summed E-state index contributed by atoms with van der Waals surface area (Å²) in [5.41, 5.74) is 5.96. The number of carbonyl (C=O) groups is 3. The van der Waals surface area contributed by atoms with Gasteiger partial charge in [-0.2, -0.15) is 0 Å². The highest BCUT2D eigenvalue weighted by Gasteiger charge is 2.16. The lowest BCUT2D eigenvalue weighted by molar-refractivity contribution is -0.119. The van der Waals surface area contributed by atoms with E-state index in [2.05, 4.69) is 5.32 Å². The average Bonchev–Trinajstić information content (AvgIpc) is 2.71. The fourth-order valence-corrected chi connectivity index (χ4v) is 2.34. The monoisotopic (exact) mass is 388 g/mol. The number of nitrogens with two attached hydrogens (primary N) is 1. The second-order valence-electron chi connectivity index (χ2n) is 5.48. The van der Waals surface area contributed by atoms with Crippen molar-refractivity contribution in [3.8, 4) is 17.2 Å². The maximum atomic E-state index is 12.1. The number of carbonyl (C=O) groups excluding carboxylic acids is 3. The fourth-order valence-electron chi connectivity index (χ4n) is 2.34. The molecule has 0 saturated heterocycles. The van der Waals surface area contributed by atoms with Gasteiger partial charge in [0.15, 0.2) is 18.1 Å². The van der Waals surface area contributed by atoms with E-state index in [0.717, 1.165) is 0 Å². The number of primary amides is 1. The summed E-state index contributed by atoms with van der Waals surface area (Å²) in [6.07, 6.45) is 0. The predicted molar refractivity (Wildman–Crippen MR) is 100.0 cm³/mol. The normalized spacial score (nSPS) is 9.96. The van der Waals surface area contributed by atoms with Gasteiger partial charge in [0.2, 0.25) is 11.7 Å². The molecule has 3 N–H and O–H groups in total. The van der Waals surface area contributed by atoms with Crippen LogP contribution in [0.2, 0.25) is 0 Å². The molecule has 0 aliphatic carbocycles. The van der Waals surface area contributed by atoms with Gasteiger partial charge in [0.05, 0.1) is 26.9 Å². The lowest BCUT2D eigenvalue weighted by Crippen LogP contribution is -2.21. The Labute approximate surface area is 161 Å². The summed E-state index contributed by atoms with van der Waals surface area (Å²) < 4.78 is 20.6. The minimum Gasteiger partial charge on any atom is -0.493 e. The van der Waals surface area contributed by atoms with Gasteiger partial charge >= 0.3 is 5.97 Å². The van der Waals surface area contributed by atoms with Crippen molar-refractivity contribution in [2.75, 3.05) is 33.3 Å². The zero-order valence-corrected chi connectivity index (χ0v) is 15.6. The lowest BCUT2D eigenvalue weighted by atomic mass is 10.1. The summed E-state index contributed by atoms with van der Waals surface area (Å²) in [5, 5.41) is 2.58. The van der Waals surface area contributed by atoms with Crippen molar-refractivity contribution in [3.05, 3.63) is 47.5 Å². The standard InChI is InChI=1S/C19H20N2O7/c1-25-14-8-13(9-15(26-2)17(14)27-3)21-16(22)10-28-19(24)12-6-4-11(5-7-12)18(20)23/h4-9H,10H2,1-3H3,(H2,20,23)(H,21,22). The van der Waals surface area contributed by atoms with E-state index in [1.165, 1.54) is 45.6 Å². The molecule has 0 radical (unpaired) electrons. The first-order chi connectivity index (χ1) is 13.4. The number of rotatable bonds is 8. The molecule has 0 aliphatic heterocycles. The molecule has 2 rings (SSSR count). The molecule has 0 heterocycles. The lowest BCUT2D eigenvalue weighted by Gasteiger charge is -2.14. The van der Waals surface area contributed by atoms with Crippen molar-refractivity contribution in [2.24, 2.45) is 5.73 Å². The van der Waals surface area contributed by atoms with E-state index in [1.807, 2.05) is 0 Å². The maximum Gasteiger partial charge on any atom is 0.338 e. The summed E-state index contributed by atoms with van der Waals surface area (Å²) in [7, 11) is 4.37. The molecule has 0 bridgehead atoms. The van der Waals surface area contributed by atoms with Crippen LogP contribution in [0.15, 0.2) is 36.4 Å². The molecule has 148 valence electrons. The summed E-state index contributed by atoms with van der Waals surface area (Å²) in [4.78, 5) is 35.1. The van der Waals surface area contributed by atoms with Gasteiger partial charge in [0.25, 0.3) is 5.91 Å². The Morgan fingerprint density at radius 2 is 1.43 bits per heavy atom. The van der Waals surface area contributed by atoms with E-state index in [9.17, 15) is 14.4 Å². The number of anilines is 1. The Balaban J connectivity index is 2.00. The van der Waals surface area contributed by atoms with Crippen molar-refractivity contribution < 1.29 is 33.3 Å². The summed E-state index contributed by atoms with van der Waals surface area (Å²) in [6.45, 7) is -0.507. The van der Waals surface area contributed by atoms with Gasteiger partial charge in [-0.15, -0.1) is 0 Å². The van der Waals surface area contributed by atoms with Gasteiger partial charge in [-0.1, -0.05) is 0 Å². The molecule has 0 saturated carbocycles. The molecule has 0 fully saturated rings. The number of hydrogen-bond donors (Lipinski definition) is 2. The summed E-state index contributed by atoms with van der Waals surface area (Å²) >= 11 is 0. The fraction of sp³-hybridized carbons (Fsp3) is 0.211. The van der Waals surface area contributed by atoms with Crippen LogP contribution in [-0.4, -0.2) is 45.7 Å². The van der Waals surface area contributed by atoms with E-state index in [0.29, 0.717) is 22.9 Å². The third-order valence-corrected chi connectivity index (χ3v) is 3.69. The van der Waals surface area contributed by atoms with E-state index < -0.39 is 24.4 Å². The van der Waals surface area contributed by atoms with E-state index in [1.54, 1.807) is 12.1 Å². The van der Waals surface area contributed by atoms with Crippen LogP contribution in [0.4, 0.5) is 5.69 Å². The number of nitrogens with one attached hydrogen (secondary N) is 1. The van der Waals surface area contributed by atoms with Crippen LogP contribution in [0.3, 0.4) is 0 Å². The number of methoxy groups -OCH3 is 3. The smallest absolute Gasteiger partial charge is 0.338 e. The molecule has 2 aromatic carbocycles. The molecule has 0 atom stereocenters. The molecule has 28 heavy (non-hydrogen) atoms. The van der Waals surface area contributed by atoms with Crippen molar-refractivity contribution in [2.45, 2.75) is 0 Å². The Bertz CT molecular complexity index is 853. The van der Waals surface area contributed by atoms with Gasteiger partial charge in [0.1, 0.15) is 0 Å². The zero-order valence-electron chi connectivity index (χ0n) is 15.6. The SMILES string of the molecule is COc1cc(NC(=O)COC(=O)c2ccc(C(N)=O)cc2)cc(OC)c1OC. The first-order valence-corrected chi connectivity index (χ1v) is 8.06. The van der Waals surface area contributed by atoms with Crippen molar-refractivity contribution in [1.29, 1.82) is 0 Å². The summed E-state index contributed by atoms with van der Waals surface area (Å²) in [5.74, 6) is -0.765. The number of benzene rings is 2. The highest BCUT2D eigenvalue weighted by molar-refractivity contribution is 5.97. The van der Waals surface area contributed by atoms with Crippen molar-refractivity contribution in [3.63, 3.8) is 0 Å². The second-order valence-corrected chi connectivity index (χ2v) is 5.48. The Hall–Kier alpha value is -3.75. The molecule has 9 nitrogen and oxygen atoms in total. The molecule has 0 unspecified atom stereocenters. The second kappa shape index (κ2) is 9.26. The van der Waals surface area contributed by atoms with Gasteiger partial charge in [0, 0.05) is 23.4 Å². The van der Waals surface area contributed by atoms with Crippen molar-refractivity contribution >= 4 is 23.5 Å². The molecule has 2 aromatic rings. The molecule has 9 heteroatoms. The van der Waals surface area contributed by atoms with Crippen LogP contribution in [0.25, 0.3) is 0 Å². The third kappa shape index (κ3) is 4.91. The number of amides is 2. The molecule has 0 spiro atoms. The third-order valence-electron chi connectivity index (χ3n) is 3.69. The van der Waals surface area contributed by atoms with E-state index in [-0.39, 0.29) is 11.1 Å². The molecular weight excluding hydrogens is 368 g/mol. The molecule has 0 aliphatic rings. The summed E-state index contributed by atoms with van der Waals surface area (Å²) in [6, 6.07) is 8.66.